The van der Waals surface area contributed by atoms with Crippen LogP contribution in [0.3, 0.4) is 0 Å². The van der Waals surface area contributed by atoms with Crippen molar-refractivity contribution in [3.63, 3.8) is 0 Å². The second-order valence-corrected chi connectivity index (χ2v) is 6.63. The molecular weight excluding hydrogens is 366 g/mol. The molecule has 1 aromatic heterocycles. The van der Waals surface area contributed by atoms with Crippen LogP contribution < -0.4 is 20.1 Å². The number of carbonyl (C=O) groups excluding carboxylic acids is 1. The molecule has 0 spiro atoms. The molecular formula is C23H25N3O3. The topological polar surface area (TPSA) is 72.5 Å². The fraction of sp³-hybridized carbons (Fsp3) is 0.217. The SMILES string of the molecule is COc1ccc(CC(=O)Nc2ccc(NCc3ccccc3C)cn2)cc1OC. The van der Waals surface area contributed by atoms with E-state index in [2.05, 4.69) is 34.7 Å². The van der Waals surface area contributed by atoms with Gasteiger partial charge in [-0.2, -0.15) is 0 Å². The Morgan fingerprint density at radius 2 is 1.79 bits per heavy atom. The van der Waals surface area contributed by atoms with Gasteiger partial charge in [-0.25, -0.2) is 4.98 Å². The Morgan fingerprint density at radius 3 is 2.48 bits per heavy atom. The standard InChI is InChI=1S/C23H25N3O3/c1-16-6-4-5-7-18(16)14-24-19-9-11-22(25-15-19)26-23(27)13-17-8-10-20(28-2)21(12-17)29-3/h4-12,15,24H,13-14H2,1-3H3,(H,25,26,27). The van der Waals surface area contributed by atoms with Crippen molar-refractivity contribution >= 4 is 17.4 Å². The van der Waals surface area contributed by atoms with E-state index in [0.717, 1.165) is 17.8 Å². The van der Waals surface area contributed by atoms with Crippen LogP contribution in [0, 0.1) is 6.92 Å². The van der Waals surface area contributed by atoms with Gasteiger partial charge in [0.1, 0.15) is 5.82 Å². The molecule has 150 valence electrons. The van der Waals surface area contributed by atoms with Crippen molar-refractivity contribution in [3.8, 4) is 11.5 Å². The predicted octanol–water partition coefficient (Wildman–Crippen LogP) is 4.20. The number of pyridine rings is 1. The fourth-order valence-electron chi connectivity index (χ4n) is 2.94. The lowest BCUT2D eigenvalue weighted by molar-refractivity contribution is -0.115. The number of hydrogen-bond acceptors (Lipinski definition) is 5. The van der Waals surface area contributed by atoms with Crippen LogP contribution in [-0.4, -0.2) is 25.1 Å². The summed E-state index contributed by atoms with van der Waals surface area (Å²) in [6.45, 7) is 2.81. The minimum Gasteiger partial charge on any atom is -0.493 e. The second kappa shape index (κ2) is 9.59. The summed E-state index contributed by atoms with van der Waals surface area (Å²) in [7, 11) is 3.15. The van der Waals surface area contributed by atoms with Gasteiger partial charge in [0.15, 0.2) is 11.5 Å². The Morgan fingerprint density at radius 1 is 1.00 bits per heavy atom. The Hall–Kier alpha value is -3.54. The average Bonchev–Trinajstić information content (AvgIpc) is 2.74. The molecule has 0 atom stereocenters. The molecule has 0 unspecified atom stereocenters. The maximum atomic E-state index is 12.3. The maximum absolute atomic E-state index is 12.3. The van der Waals surface area contributed by atoms with E-state index in [-0.39, 0.29) is 12.3 Å². The lowest BCUT2D eigenvalue weighted by atomic mass is 10.1. The molecule has 6 heteroatoms. The minimum atomic E-state index is -0.148. The average molecular weight is 391 g/mol. The third kappa shape index (κ3) is 5.48. The molecule has 0 radical (unpaired) electrons. The Balaban J connectivity index is 1.55. The summed E-state index contributed by atoms with van der Waals surface area (Å²) in [4.78, 5) is 16.6. The zero-order chi connectivity index (χ0) is 20.6. The highest BCUT2D eigenvalue weighted by atomic mass is 16.5. The molecule has 1 heterocycles. The van der Waals surface area contributed by atoms with E-state index >= 15 is 0 Å². The Labute approximate surface area is 170 Å². The van der Waals surface area contributed by atoms with Crippen molar-refractivity contribution in [1.82, 2.24) is 4.98 Å². The fourth-order valence-corrected chi connectivity index (χ4v) is 2.94. The first-order chi connectivity index (χ1) is 14.1. The van der Waals surface area contributed by atoms with E-state index in [1.165, 1.54) is 11.1 Å². The lowest BCUT2D eigenvalue weighted by Gasteiger charge is -2.11. The largest absolute Gasteiger partial charge is 0.493 e. The molecule has 3 rings (SSSR count). The molecule has 0 fully saturated rings. The number of ether oxygens (including phenoxy) is 2. The van der Waals surface area contributed by atoms with Crippen LogP contribution in [-0.2, 0) is 17.8 Å². The lowest BCUT2D eigenvalue weighted by Crippen LogP contribution is -2.15. The van der Waals surface area contributed by atoms with Gasteiger partial charge in [-0.05, 0) is 47.9 Å². The highest BCUT2D eigenvalue weighted by Gasteiger charge is 2.09. The molecule has 0 saturated heterocycles. The summed E-state index contributed by atoms with van der Waals surface area (Å²) in [5.74, 6) is 1.59. The molecule has 2 aromatic carbocycles. The molecule has 1 amide bonds. The number of nitrogens with one attached hydrogen (secondary N) is 2. The van der Waals surface area contributed by atoms with Crippen LogP contribution in [0.5, 0.6) is 11.5 Å². The number of amides is 1. The summed E-state index contributed by atoms with van der Waals surface area (Å²) < 4.78 is 10.5. The van der Waals surface area contributed by atoms with Gasteiger partial charge >= 0.3 is 0 Å². The van der Waals surface area contributed by atoms with Gasteiger partial charge in [0, 0.05) is 6.54 Å². The maximum Gasteiger partial charge on any atom is 0.229 e. The molecule has 6 nitrogen and oxygen atoms in total. The van der Waals surface area contributed by atoms with E-state index in [1.54, 1.807) is 38.6 Å². The van der Waals surface area contributed by atoms with Crippen LogP contribution in [0.2, 0.25) is 0 Å². The smallest absolute Gasteiger partial charge is 0.229 e. The van der Waals surface area contributed by atoms with Crippen molar-refractivity contribution in [2.75, 3.05) is 24.9 Å². The van der Waals surface area contributed by atoms with E-state index in [0.29, 0.717) is 17.3 Å². The highest BCUT2D eigenvalue weighted by Crippen LogP contribution is 2.27. The molecule has 3 aromatic rings. The van der Waals surface area contributed by atoms with Gasteiger partial charge in [-0.1, -0.05) is 30.3 Å². The number of hydrogen-bond donors (Lipinski definition) is 2. The number of nitrogens with zero attached hydrogens (tertiary/aromatic N) is 1. The second-order valence-electron chi connectivity index (χ2n) is 6.63. The number of carbonyl (C=O) groups is 1. The summed E-state index contributed by atoms with van der Waals surface area (Å²) >= 11 is 0. The first-order valence-electron chi connectivity index (χ1n) is 9.34. The molecule has 29 heavy (non-hydrogen) atoms. The zero-order valence-corrected chi connectivity index (χ0v) is 16.9. The van der Waals surface area contributed by atoms with Gasteiger partial charge < -0.3 is 20.1 Å². The molecule has 0 aliphatic heterocycles. The van der Waals surface area contributed by atoms with Gasteiger partial charge in [-0.3, -0.25) is 4.79 Å². The number of aryl methyl sites for hydroxylation is 1. The quantitative estimate of drug-likeness (QED) is 0.602. The van der Waals surface area contributed by atoms with E-state index in [4.69, 9.17) is 9.47 Å². The van der Waals surface area contributed by atoms with Crippen LogP contribution in [0.15, 0.2) is 60.8 Å². The Bertz CT molecular complexity index is 971. The number of aromatic nitrogens is 1. The Kier molecular flexibility index (Phi) is 6.68. The third-order valence-corrected chi connectivity index (χ3v) is 4.59. The van der Waals surface area contributed by atoms with Crippen molar-refractivity contribution in [3.05, 3.63) is 77.5 Å². The molecule has 2 N–H and O–H groups in total. The summed E-state index contributed by atoms with van der Waals surface area (Å²) in [5.41, 5.74) is 4.20. The number of methoxy groups -OCH3 is 2. The molecule has 0 aliphatic rings. The number of anilines is 2. The van der Waals surface area contributed by atoms with Crippen LogP contribution in [0.1, 0.15) is 16.7 Å². The van der Waals surface area contributed by atoms with Crippen LogP contribution >= 0.6 is 0 Å². The van der Waals surface area contributed by atoms with Crippen molar-refractivity contribution in [2.45, 2.75) is 19.9 Å². The summed E-state index contributed by atoms with van der Waals surface area (Å²) in [5, 5.41) is 6.16. The highest BCUT2D eigenvalue weighted by molar-refractivity contribution is 5.91. The first kappa shape index (κ1) is 20.2. The van der Waals surface area contributed by atoms with E-state index in [9.17, 15) is 4.79 Å². The molecule has 0 saturated carbocycles. The van der Waals surface area contributed by atoms with Crippen LogP contribution in [0.4, 0.5) is 11.5 Å². The van der Waals surface area contributed by atoms with Crippen molar-refractivity contribution < 1.29 is 14.3 Å². The summed E-state index contributed by atoms with van der Waals surface area (Å²) in [6, 6.07) is 17.3. The number of benzene rings is 2. The van der Waals surface area contributed by atoms with E-state index in [1.807, 2.05) is 24.3 Å². The van der Waals surface area contributed by atoms with Gasteiger partial charge in [0.25, 0.3) is 0 Å². The third-order valence-electron chi connectivity index (χ3n) is 4.59. The predicted molar refractivity (Wildman–Crippen MR) is 115 cm³/mol. The first-order valence-corrected chi connectivity index (χ1v) is 9.34. The molecule has 0 bridgehead atoms. The van der Waals surface area contributed by atoms with E-state index < -0.39 is 0 Å². The monoisotopic (exact) mass is 391 g/mol. The zero-order valence-electron chi connectivity index (χ0n) is 16.9. The van der Waals surface area contributed by atoms with Crippen molar-refractivity contribution in [2.24, 2.45) is 0 Å². The number of rotatable bonds is 8. The normalized spacial score (nSPS) is 10.3. The molecule has 0 aliphatic carbocycles. The van der Waals surface area contributed by atoms with Crippen LogP contribution in [0.25, 0.3) is 0 Å². The van der Waals surface area contributed by atoms with Gasteiger partial charge in [-0.15, -0.1) is 0 Å². The van der Waals surface area contributed by atoms with Gasteiger partial charge in [0.2, 0.25) is 5.91 Å². The summed E-state index contributed by atoms with van der Waals surface area (Å²) in [6.07, 6.45) is 1.93. The van der Waals surface area contributed by atoms with Gasteiger partial charge in [0.05, 0.1) is 32.5 Å². The van der Waals surface area contributed by atoms with Crippen molar-refractivity contribution in [1.29, 1.82) is 0 Å². The minimum absolute atomic E-state index is 0.148.